The normalized spacial score (nSPS) is 10.6. The van der Waals surface area contributed by atoms with E-state index < -0.39 is 0 Å². The highest BCUT2D eigenvalue weighted by molar-refractivity contribution is 8.01. The van der Waals surface area contributed by atoms with E-state index >= 15 is 0 Å². The molecule has 1 amide bonds. The maximum atomic E-state index is 11.9. The molecule has 0 fully saturated rings. The highest BCUT2D eigenvalue weighted by Crippen LogP contribution is 2.28. The molecule has 0 saturated carbocycles. The summed E-state index contributed by atoms with van der Waals surface area (Å²) >= 11 is 3.31. The molecule has 0 bridgehead atoms. The molecule has 0 radical (unpaired) electrons. The van der Waals surface area contributed by atoms with Crippen LogP contribution in [0.25, 0.3) is 11.3 Å². The predicted molar refractivity (Wildman–Crippen MR) is 90.8 cm³/mol. The van der Waals surface area contributed by atoms with Crippen molar-refractivity contribution in [1.82, 2.24) is 9.88 Å². The Morgan fingerprint density at radius 3 is 2.62 bits per heavy atom. The Hall–Kier alpha value is -1.33. The minimum absolute atomic E-state index is 0.229. The fourth-order valence-electron chi connectivity index (χ4n) is 2.03. The number of aromatic nitrogens is 1. The first-order chi connectivity index (χ1) is 10.2. The van der Waals surface area contributed by atoms with Crippen molar-refractivity contribution in [3.05, 3.63) is 35.7 Å². The van der Waals surface area contributed by atoms with Crippen LogP contribution in [0.1, 0.15) is 20.3 Å². The Bertz CT molecular complexity index is 565. The van der Waals surface area contributed by atoms with Crippen LogP contribution in [0.4, 0.5) is 0 Å². The number of hydrogen-bond acceptors (Lipinski definition) is 4. The van der Waals surface area contributed by atoms with Gasteiger partial charge in [-0.2, -0.15) is 0 Å². The standard InChI is InChI=1S/C16H20N2OS2/c1-3-18(4-2)15(19)10-11-20-16-17-14(12-21-16)13-8-6-5-7-9-13/h5-9,12H,3-4,10-11H2,1-2H3. The van der Waals surface area contributed by atoms with Crippen LogP contribution in [0.3, 0.4) is 0 Å². The SMILES string of the molecule is CCN(CC)C(=O)CCSc1nc(-c2ccccc2)cs1. The first-order valence-corrected chi connectivity index (χ1v) is 9.02. The molecule has 0 spiro atoms. The fraction of sp³-hybridized carbons (Fsp3) is 0.375. The summed E-state index contributed by atoms with van der Waals surface area (Å²) in [6.07, 6.45) is 0.576. The van der Waals surface area contributed by atoms with Crippen LogP contribution in [-0.2, 0) is 4.79 Å². The van der Waals surface area contributed by atoms with Crippen molar-refractivity contribution in [1.29, 1.82) is 0 Å². The second kappa shape index (κ2) is 8.20. The molecule has 2 rings (SSSR count). The van der Waals surface area contributed by atoms with Gasteiger partial charge in [-0.3, -0.25) is 4.79 Å². The average Bonchev–Trinajstić information content (AvgIpc) is 2.98. The van der Waals surface area contributed by atoms with Crippen LogP contribution in [0, 0.1) is 0 Å². The number of rotatable bonds is 7. The van der Waals surface area contributed by atoms with Crippen molar-refractivity contribution in [3.8, 4) is 11.3 Å². The van der Waals surface area contributed by atoms with Crippen LogP contribution in [0.5, 0.6) is 0 Å². The molecule has 0 unspecified atom stereocenters. The van der Waals surface area contributed by atoms with E-state index in [0.29, 0.717) is 6.42 Å². The van der Waals surface area contributed by atoms with Gasteiger partial charge in [-0.15, -0.1) is 11.3 Å². The largest absolute Gasteiger partial charge is 0.343 e. The zero-order valence-corrected chi connectivity index (χ0v) is 14.0. The molecule has 112 valence electrons. The summed E-state index contributed by atoms with van der Waals surface area (Å²) in [6, 6.07) is 10.2. The summed E-state index contributed by atoms with van der Waals surface area (Å²) < 4.78 is 1.03. The number of nitrogens with zero attached hydrogens (tertiary/aromatic N) is 2. The lowest BCUT2D eigenvalue weighted by molar-refractivity contribution is -0.130. The minimum Gasteiger partial charge on any atom is -0.343 e. The molecular weight excluding hydrogens is 300 g/mol. The van der Waals surface area contributed by atoms with Gasteiger partial charge in [-0.1, -0.05) is 42.1 Å². The van der Waals surface area contributed by atoms with Gasteiger partial charge in [0.1, 0.15) is 0 Å². The van der Waals surface area contributed by atoms with Gasteiger partial charge in [-0.25, -0.2) is 4.98 Å². The monoisotopic (exact) mass is 320 g/mol. The Labute approximate surface area is 134 Å². The maximum absolute atomic E-state index is 11.9. The number of thiazole rings is 1. The summed E-state index contributed by atoms with van der Waals surface area (Å²) in [4.78, 5) is 18.4. The van der Waals surface area contributed by atoms with Crippen LogP contribution in [0.15, 0.2) is 40.1 Å². The first kappa shape index (κ1) is 16.0. The maximum Gasteiger partial charge on any atom is 0.223 e. The summed E-state index contributed by atoms with van der Waals surface area (Å²) in [5, 5.41) is 2.07. The van der Waals surface area contributed by atoms with Gasteiger partial charge in [0.2, 0.25) is 5.91 Å². The molecule has 1 aromatic heterocycles. The Balaban J connectivity index is 1.85. The lowest BCUT2D eigenvalue weighted by atomic mass is 10.2. The molecule has 5 heteroatoms. The van der Waals surface area contributed by atoms with E-state index in [1.165, 1.54) is 0 Å². The van der Waals surface area contributed by atoms with Gasteiger partial charge in [-0.05, 0) is 13.8 Å². The Kier molecular flexibility index (Phi) is 6.26. The van der Waals surface area contributed by atoms with Crippen LogP contribution >= 0.6 is 23.1 Å². The molecule has 3 nitrogen and oxygen atoms in total. The van der Waals surface area contributed by atoms with Crippen molar-refractivity contribution >= 4 is 29.0 Å². The second-order valence-corrected chi connectivity index (χ2v) is 6.73. The van der Waals surface area contributed by atoms with E-state index in [4.69, 9.17) is 0 Å². The molecule has 0 atom stereocenters. The molecule has 1 heterocycles. The average molecular weight is 320 g/mol. The molecule has 0 N–H and O–H groups in total. The van der Waals surface area contributed by atoms with Gasteiger partial charge in [0.25, 0.3) is 0 Å². The van der Waals surface area contributed by atoms with E-state index in [1.54, 1.807) is 23.1 Å². The molecule has 0 saturated heterocycles. The highest BCUT2D eigenvalue weighted by Gasteiger charge is 2.10. The first-order valence-electron chi connectivity index (χ1n) is 7.16. The van der Waals surface area contributed by atoms with Gasteiger partial charge in [0.15, 0.2) is 4.34 Å². The van der Waals surface area contributed by atoms with E-state index in [2.05, 4.69) is 22.5 Å². The zero-order valence-electron chi connectivity index (χ0n) is 12.4. The molecule has 21 heavy (non-hydrogen) atoms. The summed E-state index contributed by atoms with van der Waals surface area (Å²) in [5.41, 5.74) is 2.15. The van der Waals surface area contributed by atoms with Crippen LogP contribution in [-0.4, -0.2) is 34.6 Å². The minimum atomic E-state index is 0.229. The van der Waals surface area contributed by atoms with Crippen LogP contribution < -0.4 is 0 Å². The molecular formula is C16H20N2OS2. The molecule has 2 aromatic rings. The second-order valence-electron chi connectivity index (χ2n) is 4.53. The number of thioether (sulfide) groups is 1. The predicted octanol–water partition coefficient (Wildman–Crippen LogP) is 4.16. The van der Waals surface area contributed by atoms with Crippen LogP contribution in [0.2, 0.25) is 0 Å². The van der Waals surface area contributed by atoms with Crippen molar-refractivity contribution in [2.75, 3.05) is 18.8 Å². The van der Waals surface area contributed by atoms with E-state index in [9.17, 15) is 4.79 Å². The summed E-state index contributed by atoms with van der Waals surface area (Å²) in [5.74, 6) is 1.02. The lowest BCUT2D eigenvalue weighted by Crippen LogP contribution is -2.30. The summed E-state index contributed by atoms with van der Waals surface area (Å²) in [6.45, 7) is 5.60. The number of benzene rings is 1. The zero-order chi connectivity index (χ0) is 15.1. The van der Waals surface area contributed by atoms with Gasteiger partial charge in [0.05, 0.1) is 5.69 Å². The molecule has 0 aliphatic carbocycles. The van der Waals surface area contributed by atoms with Crippen molar-refractivity contribution in [2.24, 2.45) is 0 Å². The third-order valence-electron chi connectivity index (χ3n) is 3.21. The van der Waals surface area contributed by atoms with Crippen molar-refractivity contribution in [3.63, 3.8) is 0 Å². The Morgan fingerprint density at radius 1 is 1.24 bits per heavy atom. The fourth-order valence-corrected chi connectivity index (χ4v) is 3.86. The van der Waals surface area contributed by atoms with Gasteiger partial charge < -0.3 is 4.90 Å². The summed E-state index contributed by atoms with van der Waals surface area (Å²) in [7, 11) is 0. The van der Waals surface area contributed by atoms with Gasteiger partial charge in [0, 0.05) is 36.2 Å². The number of amides is 1. The Morgan fingerprint density at radius 2 is 1.95 bits per heavy atom. The molecule has 1 aromatic carbocycles. The highest BCUT2D eigenvalue weighted by atomic mass is 32.2. The number of carbonyl (C=O) groups excluding carboxylic acids is 1. The lowest BCUT2D eigenvalue weighted by Gasteiger charge is -2.17. The smallest absolute Gasteiger partial charge is 0.223 e. The van der Waals surface area contributed by atoms with E-state index in [1.807, 2.05) is 36.9 Å². The van der Waals surface area contributed by atoms with E-state index in [0.717, 1.165) is 34.4 Å². The molecule has 0 aliphatic heterocycles. The number of carbonyl (C=O) groups is 1. The van der Waals surface area contributed by atoms with Gasteiger partial charge >= 0.3 is 0 Å². The van der Waals surface area contributed by atoms with Crippen molar-refractivity contribution < 1.29 is 4.79 Å². The van der Waals surface area contributed by atoms with E-state index in [-0.39, 0.29) is 5.91 Å². The third-order valence-corrected chi connectivity index (χ3v) is 5.23. The molecule has 0 aliphatic rings. The topological polar surface area (TPSA) is 33.2 Å². The third kappa shape index (κ3) is 4.58. The quantitative estimate of drug-likeness (QED) is 0.718. The number of hydrogen-bond donors (Lipinski definition) is 0. The van der Waals surface area contributed by atoms with Crippen molar-refractivity contribution in [2.45, 2.75) is 24.6 Å².